The summed E-state index contributed by atoms with van der Waals surface area (Å²) in [7, 11) is -2.52. The van der Waals surface area contributed by atoms with Crippen molar-refractivity contribution in [3.05, 3.63) is 82.7 Å². The summed E-state index contributed by atoms with van der Waals surface area (Å²) < 4.78 is 32.4. The summed E-state index contributed by atoms with van der Waals surface area (Å²) in [6, 6.07) is 12.6. The van der Waals surface area contributed by atoms with Gasteiger partial charge in [-0.05, 0) is 60.3 Å². The van der Waals surface area contributed by atoms with Crippen molar-refractivity contribution < 1.29 is 22.9 Å². The molecule has 0 saturated carbocycles. The molecule has 3 rings (SSSR count). The summed E-state index contributed by atoms with van der Waals surface area (Å²) in [5, 5.41) is 15.9. The quantitative estimate of drug-likeness (QED) is 0.176. The maximum Gasteiger partial charge on any atom is 0.269 e. The highest BCUT2D eigenvalue weighted by molar-refractivity contribution is 7.92. The van der Waals surface area contributed by atoms with Crippen molar-refractivity contribution in [2.45, 2.75) is 4.90 Å². The molecule has 0 aliphatic carbocycles. The molecule has 14 heteroatoms. The second-order valence-corrected chi connectivity index (χ2v) is 8.79. The molecule has 1 amide bonds. The van der Waals surface area contributed by atoms with E-state index in [2.05, 4.69) is 25.3 Å². The molecule has 0 aliphatic heterocycles. The van der Waals surface area contributed by atoms with Crippen molar-refractivity contribution >= 4 is 56.5 Å². The predicted octanol–water partition coefficient (Wildman–Crippen LogP) is 2.72. The first-order chi connectivity index (χ1) is 16.7. The van der Waals surface area contributed by atoms with Gasteiger partial charge in [-0.1, -0.05) is 0 Å². The maximum absolute atomic E-state index is 12.6. The fourth-order valence-corrected chi connectivity index (χ4v) is 3.83. The third kappa shape index (κ3) is 7.28. The molecule has 3 aromatic rings. The minimum absolute atomic E-state index is 0.00911. The molecule has 2 aromatic carbocycles. The smallest absolute Gasteiger partial charge is 0.269 e. The molecule has 0 unspecified atom stereocenters. The number of sulfonamides is 1. The third-order valence-corrected chi connectivity index (χ3v) is 5.86. The van der Waals surface area contributed by atoms with Crippen molar-refractivity contribution in [1.29, 1.82) is 0 Å². The van der Waals surface area contributed by atoms with Gasteiger partial charge in [-0.15, -0.1) is 0 Å². The molecule has 3 N–H and O–H groups in total. The Kier molecular flexibility index (Phi) is 8.01. The fourth-order valence-electron chi connectivity index (χ4n) is 2.62. The van der Waals surface area contributed by atoms with Crippen LogP contribution in [0, 0.1) is 10.1 Å². The predicted molar refractivity (Wildman–Crippen MR) is 132 cm³/mol. The van der Waals surface area contributed by atoms with Gasteiger partial charge in [-0.3, -0.25) is 24.9 Å². The molecule has 1 aromatic heterocycles. The Bertz CT molecular complexity index is 1380. The van der Waals surface area contributed by atoms with Gasteiger partial charge >= 0.3 is 0 Å². The lowest BCUT2D eigenvalue weighted by molar-refractivity contribution is -0.384. The Labute approximate surface area is 205 Å². The van der Waals surface area contributed by atoms with E-state index in [0.29, 0.717) is 11.3 Å². The topological polar surface area (TPSA) is 165 Å². The lowest BCUT2D eigenvalue weighted by Crippen LogP contribution is -2.32. The van der Waals surface area contributed by atoms with Crippen LogP contribution in [0.5, 0.6) is 5.88 Å². The van der Waals surface area contributed by atoms with Gasteiger partial charge in [0.05, 0.1) is 16.9 Å². The summed E-state index contributed by atoms with van der Waals surface area (Å²) in [4.78, 5) is 29.8. The maximum atomic E-state index is 12.6. The molecular formula is C21H18N6O6S2. The number of rotatable bonds is 8. The molecular weight excluding hydrogens is 496 g/mol. The summed E-state index contributed by atoms with van der Waals surface area (Å²) in [5.74, 6) is -0.273. The number of benzene rings is 2. The number of nitro benzene ring substituents is 1. The zero-order valence-electron chi connectivity index (χ0n) is 18.0. The number of nitro groups is 1. The molecule has 0 fully saturated rings. The minimum atomic E-state index is -3.92. The number of nitrogens with zero attached hydrogens (tertiary/aromatic N) is 3. The average molecular weight is 515 g/mol. The van der Waals surface area contributed by atoms with E-state index in [-0.39, 0.29) is 27.4 Å². The lowest BCUT2D eigenvalue weighted by atomic mass is 10.2. The van der Waals surface area contributed by atoms with Crippen LogP contribution in [-0.2, 0) is 14.8 Å². The van der Waals surface area contributed by atoms with Crippen LogP contribution in [0.4, 0.5) is 17.2 Å². The zero-order chi connectivity index (χ0) is 25.4. The second-order valence-electron chi connectivity index (χ2n) is 6.70. The molecule has 35 heavy (non-hydrogen) atoms. The molecule has 12 nitrogen and oxygen atoms in total. The molecule has 1 heterocycles. The van der Waals surface area contributed by atoms with Crippen LogP contribution in [0.15, 0.2) is 71.9 Å². The van der Waals surface area contributed by atoms with Crippen LogP contribution in [0.1, 0.15) is 5.56 Å². The van der Waals surface area contributed by atoms with Crippen molar-refractivity contribution in [1.82, 2.24) is 15.3 Å². The van der Waals surface area contributed by atoms with Gasteiger partial charge in [0.15, 0.2) is 5.11 Å². The number of nitrogens with one attached hydrogen (secondary N) is 3. The SMILES string of the molecule is COc1cc(NS(=O)(=O)c2ccc(NC(=S)NC(=O)/C=C/c3ccc([N+](=O)[O-])cc3)cc2)ncn1. The van der Waals surface area contributed by atoms with E-state index in [1.807, 2.05) is 0 Å². The number of ether oxygens (including phenoxy) is 1. The van der Waals surface area contributed by atoms with E-state index in [0.717, 1.165) is 0 Å². The molecule has 0 radical (unpaired) electrons. The first-order valence-corrected chi connectivity index (χ1v) is 11.6. The normalized spacial score (nSPS) is 11.0. The largest absolute Gasteiger partial charge is 0.481 e. The standard InChI is InChI=1S/C21H18N6O6S2/c1-33-20-12-18(22-13-23-20)26-35(31,32)17-9-5-15(6-10-17)24-21(34)25-19(28)11-4-14-2-7-16(8-3-14)27(29)30/h2-13H,1H3,(H,22,23,26)(H2,24,25,28,34)/b11-4+. The van der Waals surface area contributed by atoms with Gasteiger partial charge in [-0.2, -0.15) is 0 Å². The van der Waals surface area contributed by atoms with Crippen molar-refractivity contribution in [2.75, 3.05) is 17.1 Å². The van der Waals surface area contributed by atoms with E-state index in [1.54, 1.807) is 0 Å². The number of hydrogen-bond acceptors (Lipinski definition) is 9. The molecule has 0 bridgehead atoms. The van der Waals surface area contributed by atoms with Crippen LogP contribution in [0.25, 0.3) is 6.08 Å². The number of anilines is 2. The minimum Gasteiger partial charge on any atom is -0.481 e. The number of amides is 1. The van der Waals surface area contributed by atoms with E-state index >= 15 is 0 Å². The van der Waals surface area contributed by atoms with Crippen LogP contribution < -0.4 is 20.1 Å². The van der Waals surface area contributed by atoms with Crippen LogP contribution in [-0.4, -0.2) is 41.4 Å². The average Bonchev–Trinajstić information content (AvgIpc) is 2.83. The van der Waals surface area contributed by atoms with Gasteiger partial charge in [-0.25, -0.2) is 18.4 Å². The van der Waals surface area contributed by atoms with Crippen molar-refractivity contribution in [3.63, 3.8) is 0 Å². The van der Waals surface area contributed by atoms with E-state index in [4.69, 9.17) is 17.0 Å². The van der Waals surface area contributed by atoms with Gasteiger partial charge in [0.2, 0.25) is 11.8 Å². The van der Waals surface area contributed by atoms with Gasteiger partial charge in [0, 0.05) is 30.0 Å². The number of carbonyl (C=O) groups excluding carboxylic acids is 1. The van der Waals surface area contributed by atoms with E-state index in [9.17, 15) is 23.3 Å². The number of thiocarbonyl (C=S) groups is 1. The molecule has 0 atom stereocenters. The first kappa shape index (κ1) is 25.2. The van der Waals surface area contributed by atoms with Gasteiger partial charge in [0.25, 0.3) is 15.7 Å². The van der Waals surface area contributed by atoms with Gasteiger partial charge in [0.1, 0.15) is 12.1 Å². The number of methoxy groups -OCH3 is 1. The molecule has 0 spiro atoms. The van der Waals surface area contributed by atoms with Crippen molar-refractivity contribution in [3.8, 4) is 5.88 Å². The number of non-ortho nitro benzene ring substituents is 1. The summed E-state index contributed by atoms with van der Waals surface area (Å²) in [6.07, 6.45) is 3.86. The van der Waals surface area contributed by atoms with Crippen molar-refractivity contribution in [2.24, 2.45) is 0 Å². The zero-order valence-corrected chi connectivity index (χ0v) is 19.7. The first-order valence-electron chi connectivity index (χ1n) is 9.70. The Morgan fingerprint density at radius 3 is 2.43 bits per heavy atom. The highest BCUT2D eigenvalue weighted by Crippen LogP contribution is 2.19. The van der Waals surface area contributed by atoms with Crippen LogP contribution >= 0.6 is 12.2 Å². The van der Waals surface area contributed by atoms with Gasteiger partial charge < -0.3 is 10.1 Å². The van der Waals surface area contributed by atoms with E-state index in [1.165, 1.54) is 80.2 Å². The number of carbonyl (C=O) groups is 1. The van der Waals surface area contributed by atoms with Crippen LogP contribution in [0.2, 0.25) is 0 Å². The number of hydrogen-bond donors (Lipinski definition) is 3. The second kappa shape index (κ2) is 11.1. The summed E-state index contributed by atoms with van der Waals surface area (Å²) in [5.41, 5.74) is 0.980. The third-order valence-electron chi connectivity index (χ3n) is 4.28. The fraction of sp³-hybridized carbons (Fsp3) is 0.0476. The molecule has 0 aliphatic rings. The Morgan fingerprint density at radius 1 is 1.11 bits per heavy atom. The molecule has 0 saturated heterocycles. The highest BCUT2D eigenvalue weighted by Gasteiger charge is 2.15. The Hall–Kier alpha value is -4.43. The van der Waals surface area contributed by atoms with Crippen LogP contribution in [0.3, 0.4) is 0 Å². The Balaban J connectivity index is 1.56. The monoisotopic (exact) mass is 514 g/mol. The number of aromatic nitrogens is 2. The lowest BCUT2D eigenvalue weighted by Gasteiger charge is -2.10. The molecule has 180 valence electrons. The Morgan fingerprint density at radius 2 is 1.80 bits per heavy atom. The highest BCUT2D eigenvalue weighted by atomic mass is 32.2. The summed E-state index contributed by atoms with van der Waals surface area (Å²) in [6.45, 7) is 0. The summed E-state index contributed by atoms with van der Waals surface area (Å²) >= 11 is 5.10. The van der Waals surface area contributed by atoms with E-state index < -0.39 is 20.9 Å².